The Kier molecular flexibility index (Phi) is 5.31. The van der Waals surface area contributed by atoms with E-state index in [4.69, 9.17) is 13.3 Å². The predicted molar refractivity (Wildman–Crippen MR) is 113 cm³/mol. The number of hydrogen-bond acceptors (Lipinski definition) is 7. The second kappa shape index (κ2) is 8.08. The normalized spacial score (nSPS) is 11.3. The lowest BCUT2D eigenvalue weighted by Crippen LogP contribution is -2.10. The van der Waals surface area contributed by atoms with Crippen molar-refractivity contribution in [3.8, 4) is 22.6 Å². The summed E-state index contributed by atoms with van der Waals surface area (Å²) in [7, 11) is -4.01. The van der Waals surface area contributed by atoms with Gasteiger partial charge in [0.15, 0.2) is 5.43 Å². The molecular formula is C23H16O7S. The van der Waals surface area contributed by atoms with E-state index < -0.39 is 16.1 Å². The number of hydrogen-bond donors (Lipinski definition) is 0. The van der Waals surface area contributed by atoms with Gasteiger partial charge in [-0.3, -0.25) is 9.59 Å². The Morgan fingerprint density at radius 1 is 0.903 bits per heavy atom. The molecule has 0 aliphatic carbocycles. The predicted octanol–water partition coefficient (Wildman–Crippen LogP) is 4.15. The van der Waals surface area contributed by atoms with Crippen molar-refractivity contribution in [1.29, 1.82) is 0 Å². The van der Waals surface area contributed by atoms with Gasteiger partial charge in [-0.05, 0) is 42.0 Å². The highest BCUT2D eigenvalue weighted by molar-refractivity contribution is 7.87. The largest absolute Gasteiger partial charge is 0.463 e. The van der Waals surface area contributed by atoms with Gasteiger partial charge in [0.1, 0.15) is 28.2 Å². The molecule has 3 aromatic carbocycles. The van der Waals surface area contributed by atoms with Crippen LogP contribution in [0.15, 0.2) is 93.2 Å². The number of carbonyl (C=O) groups is 1. The standard InChI is InChI=1S/C23H16O7S/c1-15(24)29-17-9-7-16(8-10-17)21-14-28-22-13-18(11-12-20(22)23(21)25)30-31(26,27)19-5-3-2-4-6-19/h2-14H,1H3. The van der Waals surface area contributed by atoms with Crippen LogP contribution < -0.4 is 14.3 Å². The van der Waals surface area contributed by atoms with Gasteiger partial charge in [0.2, 0.25) is 0 Å². The molecular weight excluding hydrogens is 420 g/mol. The lowest BCUT2D eigenvalue weighted by Gasteiger charge is -2.08. The molecule has 156 valence electrons. The Labute approximate surface area is 177 Å². The summed E-state index contributed by atoms with van der Waals surface area (Å²) in [5.74, 6) is -0.0499. The third-order valence-corrected chi connectivity index (χ3v) is 5.67. The van der Waals surface area contributed by atoms with Crippen LogP contribution in [-0.4, -0.2) is 14.4 Å². The van der Waals surface area contributed by atoms with E-state index in [1.165, 1.54) is 43.5 Å². The highest BCUT2D eigenvalue weighted by Crippen LogP contribution is 2.26. The van der Waals surface area contributed by atoms with Crippen LogP contribution in [0.1, 0.15) is 6.92 Å². The van der Waals surface area contributed by atoms with Gasteiger partial charge in [-0.1, -0.05) is 30.3 Å². The van der Waals surface area contributed by atoms with Gasteiger partial charge < -0.3 is 13.3 Å². The second-order valence-corrected chi connectivity index (χ2v) is 8.15. The molecule has 1 aromatic heterocycles. The van der Waals surface area contributed by atoms with Crippen LogP contribution in [0.25, 0.3) is 22.1 Å². The van der Waals surface area contributed by atoms with E-state index in [9.17, 15) is 18.0 Å². The van der Waals surface area contributed by atoms with Crippen molar-refractivity contribution in [1.82, 2.24) is 0 Å². The molecule has 0 N–H and O–H groups in total. The van der Waals surface area contributed by atoms with Crippen LogP contribution in [0, 0.1) is 0 Å². The number of benzene rings is 3. The molecule has 0 atom stereocenters. The molecule has 0 unspecified atom stereocenters. The molecule has 0 saturated heterocycles. The fourth-order valence-electron chi connectivity index (χ4n) is 2.99. The third kappa shape index (κ3) is 4.34. The van der Waals surface area contributed by atoms with Gasteiger partial charge in [0.05, 0.1) is 10.9 Å². The number of carbonyl (C=O) groups excluding carboxylic acids is 1. The molecule has 7 nitrogen and oxygen atoms in total. The van der Waals surface area contributed by atoms with Gasteiger partial charge in [-0.15, -0.1) is 0 Å². The average molecular weight is 436 g/mol. The smallest absolute Gasteiger partial charge is 0.339 e. The van der Waals surface area contributed by atoms with Crippen molar-refractivity contribution < 1.29 is 26.5 Å². The van der Waals surface area contributed by atoms with Crippen LogP contribution >= 0.6 is 0 Å². The van der Waals surface area contributed by atoms with Crippen molar-refractivity contribution in [3.63, 3.8) is 0 Å². The first kappa shape index (κ1) is 20.4. The van der Waals surface area contributed by atoms with Gasteiger partial charge in [0.25, 0.3) is 0 Å². The van der Waals surface area contributed by atoms with Gasteiger partial charge in [-0.25, -0.2) is 0 Å². The van der Waals surface area contributed by atoms with Crippen LogP contribution in [-0.2, 0) is 14.9 Å². The summed E-state index contributed by atoms with van der Waals surface area (Å²) in [6.45, 7) is 1.30. The zero-order chi connectivity index (χ0) is 22.0. The first-order valence-electron chi connectivity index (χ1n) is 9.17. The molecule has 0 spiro atoms. The molecule has 4 rings (SSSR count). The van der Waals surface area contributed by atoms with Gasteiger partial charge in [-0.2, -0.15) is 8.42 Å². The monoisotopic (exact) mass is 436 g/mol. The number of rotatable bonds is 5. The molecule has 0 fully saturated rings. The Morgan fingerprint density at radius 2 is 1.58 bits per heavy atom. The maximum atomic E-state index is 12.9. The minimum absolute atomic E-state index is 0.0177. The van der Waals surface area contributed by atoms with Crippen molar-refractivity contribution in [2.45, 2.75) is 11.8 Å². The SMILES string of the molecule is CC(=O)Oc1ccc(-c2coc3cc(OS(=O)(=O)c4ccccc4)ccc3c2=O)cc1. The topological polar surface area (TPSA) is 99.9 Å². The maximum Gasteiger partial charge on any atom is 0.339 e. The summed E-state index contributed by atoms with van der Waals surface area (Å²) in [5, 5.41) is 0.269. The van der Waals surface area contributed by atoms with Gasteiger partial charge >= 0.3 is 16.1 Å². The Morgan fingerprint density at radius 3 is 2.26 bits per heavy atom. The molecule has 0 aliphatic heterocycles. The average Bonchev–Trinajstić information content (AvgIpc) is 2.75. The lowest BCUT2D eigenvalue weighted by molar-refractivity contribution is -0.131. The molecule has 8 heteroatoms. The van der Waals surface area contributed by atoms with E-state index in [1.54, 1.807) is 42.5 Å². The van der Waals surface area contributed by atoms with Crippen LogP contribution in [0.4, 0.5) is 0 Å². The molecule has 31 heavy (non-hydrogen) atoms. The van der Waals surface area contributed by atoms with Crippen LogP contribution in [0.3, 0.4) is 0 Å². The Balaban J connectivity index is 1.65. The highest BCUT2D eigenvalue weighted by Gasteiger charge is 2.17. The van der Waals surface area contributed by atoms with E-state index in [0.717, 1.165) is 0 Å². The third-order valence-electron chi connectivity index (χ3n) is 4.41. The van der Waals surface area contributed by atoms with E-state index in [0.29, 0.717) is 16.9 Å². The van der Waals surface area contributed by atoms with Crippen molar-refractivity contribution in [3.05, 3.63) is 89.3 Å². The number of ether oxygens (including phenoxy) is 1. The fourth-order valence-corrected chi connectivity index (χ4v) is 3.93. The Hall–Kier alpha value is -3.91. The lowest BCUT2D eigenvalue weighted by atomic mass is 10.1. The summed E-state index contributed by atoms with van der Waals surface area (Å²) >= 11 is 0. The van der Waals surface area contributed by atoms with Crippen LogP contribution in [0.5, 0.6) is 11.5 Å². The quantitative estimate of drug-likeness (QED) is 0.263. The minimum Gasteiger partial charge on any atom is -0.463 e. The molecule has 0 radical (unpaired) electrons. The summed E-state index contributed by atoms with van der Waals surface area (Å²) in [6.07, 6.45) is 1.29. The summed E-state index contributed by atoms with van der Waals surface area (Å²) in [4.78, 5) is 24.0. The van der Waals surface area contributed by atoms with E-state index in [1.807, 2.05) is 0 Å². The summed E-state index contributed by atoms with van der Waals surface area (Å²) < 4.78 is 40.5. The fraction of sp³-hybridized carbons (Fsp3) is 0.0435. The van der Waals surface area contributed by atoms with Crippen molar-refractivity contribution in [2.75, 3.05) is 0 Å². The molecule has 4 aromatic rings. The first-order chi connectivity index (χ1) is 14.8. The molecule has 0 aliphatic rings. The van der Waals surface area contributed by atoms with E-state index in [2.05, 4.69) is 0 Å². The minimum atomic E-state index is -4.01. The highest BCUT2D eigenvalue weighted by atomic mass is 32.2. The van der Waals surface area contributed by atoms with E-state index >= 15 is 0 Å². The molecule has 0 amide bonds. The molecule has 1 heterocycles. The number of esters is 1. The molecule has 0 saturated carbocycles. The van der Waals surface area contributed by atoms with Gasteiger partial charge in [0, 0.05) is 13.0 Å². The second-order valence-electron chi connectivity index (χ2n) is 6.60. The first-order valence-corrected chi connectivity index (χ1v) is 10.6. The zero-order valence-electron chi connectivity index (χ0n) is 16.3. The Bertz CT molecular complexity index is 1420. The van der Waals surface area contributed by atoms with Crippen molar-refractivity contribution in [2.24, 2.45) is 0 Å². The number of fused-ring (bicyclic) bond motifs is 1. The van der Waals surface area contributed by atoms with E-state index in [-0.39, 0.29) is 27.0 Å². The van der Waals surface area contributed by atoms with Crippen LogP contribution in [0.2, 0.25) is 0 Å². The molecule has 0 bridgehead atoms. The van der Waals surface area contributed by atoms with Crippen molar-refractivity contribution >= 4 is 27.1 Å². The maximum absolute atomic E-state index is 12.9. The summed E-state index contributed by atoms with van der Waals surface area (Å²) in [6, 6.07) is 18.4. The summed E-state index contributed by atoms with van der Waals surface area (Å²) in [5.41, 5.74) is 0.788. The zero-order valence-corrected chi connectivity index (χ0v) is 17.1.